The molecule has 0 aliphatic heterocycles. The van der Waals surface area contributed by atoms with Crippen LogP contribution in [0.2, 0.25) is 4.31 Å². The van der Waals surface area contributed by atoms with Crippen LogP contribution in [-0.2, 0) is 3.83 Å². The van der Waals surface area contributed by atoms with E-state index >= 15 is 0 Å². The van der Waals surface area contributed by atoms with Gasteiger partial charge >= 0.3 is 47.3 Å². The summed E-state index contributed by atoms with van der Waals surface area (Å²) in [6.45, 7) is 5.26. The predicted octanol–water partition coefficient (Wildman–Crippen LogP) is 0.698. The van der Waals surface area contributed by atoms with Crippen LogP contribution in [0.25, 0.3) is 0 Å². The second-order valence-electron chi connectivity index (χ2n) is 2.36. The SMILES string of the molecule is CC(C)(C)[Se](=O)O. The molecular weight excluding hydrogens is 159 g/mol. The number of hydrogen-bond acceptors (Lipinski definition) is 1. The predicted molar refractivity (Wildman–Crippen MR) is 28.4 cm³/mol. The average molecular weight is 169 g/mol. The maximum absolute atomic E-state index is 10.2. The van der Waals surface area contributed by atoms with Crippen LogP contribution in [-0.4, -0.2) is 18.4 Å². The summed E-state index contributed by atoms with van der Waals surface area (Å²) in [5, 5.41) is 0. The minimum atomic E-state index is -2.49. The quantitative estimate of drug-likeness (QED) is 0.542. The number of rotatable bonds is 0. The van der Waals surface area contributed by atoms with Crippen molar-refractivity contribution in [2.24, 2.45) is 0 Å². The normalized spacial score (nSPS) is 16.6. The van der Waals surface area contributed by atoms with Crippen LogP contribution in [0.1, 0.15) is 20.8 Å². The molecule has 0 aliphatic carbocycles. The molecule has 0 aromatic heterocycles. The van der Waals surface area contributed by atoms with Crippen LogP contribution >= 0.6 is 0 Å². The Bertz CT molecular complexity index is 82.2. The Hall–Kier alpha value is 0.279. The van der Waals surface area contributed by atoms with E-state index < -0.39 is 14.2 Å². The molecule has 0 rings (SSSR count). The van der Waals surface area contributed by atoms with Crippen LogP contribution in [0.5, 0.6) is 0 Å². The van der Waals surface area contributed by atoms with Crippen LogP contribution < -0.4 is 0 Å². The van der Waals surface area contributed by atoms with Gasteiger partial charge in [0, 0.05) is 0 Å². The average Bonchev–Trinajstić information content (AvgIpc) is 1.31. The Morgan fingerprint density at radius 2 is 1.57 bits per heavy atom. The Balaban J connectivity index is 3.79. The molecule has 0 radical (unpaired) electrons. The van der Waals surface area contributed by atoms with Gasteiger partial charge in [-0.25, -0.2) is 0 Å². The Morgan fingerprint density at radius 1 is 1.43 bits per heavy atom. The summed E-state index contributed by atoms with van der Waals surface area (Å²) in [6, 6.07) is 0. The molecule has 3 heteroatoms. The van der Waals surface area contributed by atoms with Gasteiger partial charge in [-0.1, -0.05) is 0 Å². The monoisotopic (exact) mass is 170 g/mol. The van der Waals surface area contributed by atoms with E-state index in [0.29, 0.717) is 0 Å². The molecule has 0 aliphatic rings. The van der Waals surface area contributed by atoms with E-state index in [2.05, 4.69) is 0 Å². The molecule has 0 heterocycles. The first-order chi connectivity index (χ1) is 2.94. The van der Waals surface area contributed by atoms with Crippen molar-refractivity contribution in [3.8, 4) is 0 Å². The zero-order valence-electron chi connectivity index (χ0n) is 4.76. The van der Waals surface area contributed by atoms with Crippen LogP contribution in [0.15, 0.2) is 0 Å². The second-order valence-corrected chi connectivity index (χ2v) is 5.98. The van der Waals surface area contributed by atoms with Gasteiger partial charge in [0.1, 0.15) is 0 Å². The third-order valence-corrected chi connectivity index (χ3v) is 2.72. The van der Waals surface area contributed by atoms with Crippen molar-refractivity contribution in [1.82, 2.24) is 0 Å². The van der Waals surface area contributed by atoms with Crippen molar-refractivity contribution in [3.63, 3.8) is 0 Å². The van der Waals surface area contributed by atoms with Crippen molar-refractivity contribution in [1.29, 1.82) is 0 Å². The fraction of sp³-hybridized carbons (Fsp3) is 1.00. The molecule has 0 saturated heterocycles. The van der Waals surface area contributed by atoms with E-state index in [4.69, 9.17) is 4.19 Å². The molecule has 1 atom stereocenters. The summed E-state index contributed by atoms with van der Waals surface area (Å²) in [7, 11) is 0. The van der Waals surface area contributed by atoms with Gasteiger partial charge in [-0.3, -0.25) is 0 Å². The van der Waals surface area contributed by atoms with Gasteiger partial charge in [0.05, 0.1) is 0 Å². The van der Waals surface area contributed by atoms with Crippen molar-refractivity contribution < 1.29 is 8.02 Å². The summed E-state index contributed by atoms with van der Waals surface area (Å²) in [5.74, 6) is 0. The molecule has 1 unspecified atom stereocenters. The minimum absolute atomic E-state index is 0.375. The zero-order valence-corrected chi connectivity index (χ0v) is 6.48. The first-order valence-corrected chi connectivity index (χ1v) is 4.38. The fourth-order valence-electron chi connectivity index (χ4n) is 0. The number of hydrogen-bond donors (Lipinski definition) is 1. The van der Waals surface area contributed by atoms with Crippen LogP contribution in [0.3, 0.4) is 0 Å². The van der Waals surface area contributed by atoms with Crippen LogP contribution in [0.4, 0.5) is 0 Å². The first kappa shape index (κ1) is 7.28. The second kappa shape index (κ2) is 2.03. The van der Waals surface area contributed by atoms with Gasteiger partial charge in [0.15, 0.2) is 0 Å². The summed E-state index contributed by atoms with van der Waals surface area (Å²) >= 11 is -2.49. The fourth-order valence-corrected chi connectivity index (χ4v) is 0. The van der Waals surface area contributed by atoms with Crippen molar-refractivity contribution in [2.45, 2.75) is 25.1 Å². The summed E-state index contributed by atoms with van der Waals surface area (Å²) in [4.78, 5) is 0. The van der Waals surface area contributed by atoms with Crippen molar-refractivity contribution >= 4 is 14.2 Å². The van der Waals surface area contributed by atoms with Gasteiger partial charge in [-0.05, 0) is 0 Å². The molecule has 0 spiro atoms. The molecular formula is C4H10O2Se. The molecule has 0 bridgehead atoms. The summed E-state index contributed by atoms with van der Waals surface area (Å²) < 4.78 is 18.3. The zero-order chi connectivity index (χ0) is 6.08. The van der Waals surface area contributed by atoms with Gasteiger partial charge < -0.3 is 0 Å². The van der Waals surface area contributed by atoms with Gasteiger partial charge in [0.2, 0.25) is 0 Å². The van der Waals surface area contributed by atoms with E-state index in [-0.39, 0.29) is 4.31 Å². The van der Waals surface area contributed by atoms with Crippen LogP contribution in [0, 0.1) is 0 Å². The van der Waals surface area contributed by atoms with Crippen molar-refractivity contribution in [3.05, 3.63) is 0 Å². The van der Waals surface area contributed by atoms with E-state index in [1.807, 2.05) is 0 Å². The summed E-state index contributed by atoms with van der Waals surface area (Å²) in [5.41, 5.74) is 0. The third-order valence-electron chi connectivity index (χ3n) is 0.524. The Labute approximate surface area is 48.0 Å². The molecule has 0 aromatic carbocycles. The molecule has 2 nitrogen and oxygen atoms in total. The van der Waals surface area contributed by atoms with E-state index in [1.165, 1.54) is 0 Å². The molecule has 0 saturated carbocycles. The van der Waals surface area contributed by atoms with Gasteiger partial charge in [0.25, 0.3) is 0 Å². The topological polar surface area (TPSA) is 37.3 Å². The standard InChI is InChI=1S/C4H10O2Se/c1-4(2,3)7(5)6/h1-3H3,(H,5,6). The van der Waals surface area contributed by atoms with E-state index in [1.54, 1.807) is 20.8 Å². The van der Waals surface area contributed by atoms with Gasteiger partial charge in [-0.2, -0.15) is 0 Å². The van der Waals surface area contributed by atoms with Gasteiger partial charge in [-0.15, -0.1) is 0 Å². The first-order valence-electron chi connectivity index (χ1n) is 2.05. The molecule has 7 heavy (non-hydrogen) atoms. The summed E-state index contributed by atoms with van der Waals surface area (Å²) in [6.07, 6.45) is 0. The third kappa shape index (κ3) is 2.92. The molecule has 44 valence electrons. The maximum atomic E-state index is 10.2. The molecule has 0 amide bonds. The Kier molecular flexibility index (Phi) is 2.11. The molecule has 0 aromatic rings. The molecule has 0 fully saturated rings. The van der Waals surface area contributed by atoms with E-state index in [0.717, 1.165) is 0 Å². The van der Waals surface area contributed by atoms with E-state index in [9.17, 15) is 3.83 Å². The molecule has 1 N–H and O–H groups in total. The Morgan fingerprint density at radius 3 is 1.57 bits per heavy atom. The van der Waals surface area contributed by atoms with Crippen molar-refractivity contribution in [2.75, 3.05) is 0 Å².